The first-order chi connectivity index (χ1) is 14.7. The maximum absolute atomic E-state index is 11.6. The van der Waals surface area contributed by atoms with E-state index in [1.54, 1.807) is 25.3 Å². The summed E-state index contributed by atoms with van der Waals surface area (Å²) in [7, 11) is 1.63. The van der Waals surface area contributed by atoms with Crippen molar-refractivity contribution in [1.29, 1.82) is 0 Å². The fourth-order valence-corrected chi connectivity index (χ4v) is 4.06. The Kier molecular flexibility index (Phi) is 4.35. The van der Waals surface area contributed by atoms with Gasteiger partial charge in [-0.25, -0.2) is 5.01 Å². The summed E-state index contributed by atoms with van der Waals surface area (Å²) in [6.45, 7) is 0. The highest BCUT2D eigenvalue weighted by atomic mass is 16.6. The molecule has 5 rings (SSSR count). The predicted molar refractivity (Wildman–Crippen MR) is 112 cm³/mol. The van der Waals surface area contributed by atoms with E-state index in [1.807, 2.05) is 53.5 Å². The summed E-state index contributed by atoms with van der Waals surface area (Å²) >= 11 is 0. The van der Waals surface area contributed by atoms with Crippen molar-refractivity contribution in [3.63, 3.8) is 0 Å². The van der Waals surface area contributed by atoms with Gasteiger partial charge in [0.2, 0.25) is 6.23 Å². The van der Waals surface area contributed by atoms with Crippen LogP contribution in [0.3, 0.4) is 0 Å². The molecule has 0 radical (unpaired) electrons. The number of nitro groups is 1. The molecule has 0 saturated carbocycles. The van der Waals surface area contributed by atoms with Gasteiger partial charge in [0.25, 0.3) is 5.69 Å². The van der Waals surface area contributed by atoms with E-state index in [4.69, 9.17) is 14.6 Å². The Morgan fingerprint density at radius 3 is 2.47 bits per heavy atom. The average Bonchev–Trinajstić information content (AvgIpc) is 3.24. The van der Waals surface area contributed by atoms with E-state index in [1.165, 1.54) is 6.07 Å². The Hall–Kier alpha value is -3.87. The molecule has 3 aromatic rings. The summed E-state index contributed by atoms with van der Waals surface area (Å²) in [5.41, 5.74) is 3.44. The second-order valence-electron chi connectivity index (χ2n) is 7.20. The van der Waals surface area contributed by atoms with E-state index < -0.39 is 6.23 Å². The van der Waals surface area contributed by atoms with Gasteiger partial charge in [-0.05, 0) is 42.0 Å². The molecule has 0 bridgehead atoms. The number of fused-ring (bicyclic) bond motifs is 3. The highest BCUT2D eigenvalue weighted by molar-refractivity contribution is 6.02. The summed E-state index contributed by atoms with van der Waals surface area (Å²) in [5, 5.41) is 18.3. The van der Waals surface area contributed by atoms with Crippen molar-refractivity contribution < 1.29 is 14.4 Å². The van der Waals surface area contributed by atoms with Gasteiger partial charge in [-0.1, -0.05) is 30.3 Å². The Labute approximate surface area is 173 Å². The van der Waals surface area contributed by atoms with Crippen LogP contribution in [0.1, 0.15) is 35.4 Å². The Balaban J connectivity index is 1.60. The lowest BCUT2D eigenvalue weighted by molar-refractivity contribution is -0.386. The van der Waals surface area contributed by atoms with Gasteiger partial charge in [-0.3, -0.25) is 10.1 Å². The van der Waals surface area contributed by atoms with E-state index in [0.717, 1.165) is 28.3 Å². The van der Waals surface area contributed by atoms with E-state index in [-0.39, 0.29) is 16.7 Å². The van der Waals surface area contributed by atoms with Crippen LogP contribution in [-0.4, -0.2) is 22.8 Å². The average molecular weight is 401 g/mol. The van der Waals surface area contributed by atoms with Crippen LogP contribution in [0.2, 0.25) is 0 Å². The normalized spacial score (nSPS) is 19.4. The summed E-state index contributed by atoms with van der Waals surface area (Å²) in [5.74, 6) is 1.51. The number of hydrazone groups is 1. The number of benzene rings is 3. The number of nitrogens with zero attached hydrogens (tertiary/aromatic N) is 3. The van der Waals surface area contributed by atoms with Crippen molar-refractivity contribution in [2.45, 2.75) is 18.7 Å². The third-order valence-corrected chi connectivity index (χ3v) is 5.52. The second kappa shape index (κ2) is 7.18. The molecule has 0 fully saturated rings. The van der Waals surface area contributed by atoms with Crippen LogP contribution in [0.25, 0.3) is 0 Å². The van der Waals surface area contributed by atoms with Crippen molar-refractivity contribution in [2.75, 3.05) is 7.11 Å². The quantitative estimate of drug-likeness (QED) is 0.462. The zero-order valence-corrected chi connectivity index (χ0v) is 16.3. The minimum atomic E-state index is -0.678. The van der Waals surface area contributed by atoms with Crippen LogP contribution < -0.4 is 9.47 Å². The Bertz CT molecular complexity index is 1140. The van der Waals surface area contributed by atoms with Crippen LogP contribution in [0.4, 0.5) is 5.69 Å². The number of methoxy groups -OCH3 is 1. The summed E-state index contributed by atoms with van der Waals surface area (Å²) in [6, 6.07) is 22.2. The number of nitro benzene ring substituents is 1. The van der Waals surface area contributed by atoms with Gasteiger partial charge >= 0.3 is 0 Å². The SMILES string of the molecule is COc1ccc(C2=NN3[C@H](C2)c2ccccc2O[C@@H]3c2ccccc2[N+](=O)[O-])cc1. The Morgan fingerprint density at radius 2 is 1.73 bits per heavy atom. The molecule has 0 N–H and O–H groups in total. The van der Waals surface area contributed by atoms with Gasteiger partial charge in [-0.2, -0.15) is 5.10 Å². The van der Waals surface area contributed by atoms with Crippen LogP contribution >= 0.6 is 0 Å². The molecule has 2 heterocycles. The molecule has 0 amide bonds. The molecule has 7 nitrogen and oxygen atoms in total. The molecule has 0 unspecified atom stereocenters. The highest BCUT2D eigenvalue weighted by Gasteiger charge is 2.42. The molecule has 150 valence electrons. The molecule has 7 heteroatoms. The number of para-hydroxylation sites is 2. The summed E-state index contributed by atoms with van der Waals surface area (Å²) in [4.78, 5) is 11.3. The number of ether oxygens (including phenoxy) is 2. The van der Waals surface area contributed by atoms with Crippen molar-refractivity contribution in [2.24, 2.45) is 5.10 Å². The van der Waals surface area contributed by atoms with Gasteiger partial charge in [-0.15, -0.1) is 0 Å². The first kappa shape index (κ1) is 18.2. The maximum atomic E-state index is 11.6. The minimum Gasteiger partial charge on any atom is -0.497 e. The number of rotatable bonds is 4. The van der Waals surface area contributed by atoms with Crippen LogP contribution in [0.5, 0.6) is 11.5 Å². The van der Waals surface area contributed by atoms with Crippen molar-refractivity contribution in [3.05, 3.63) is 99.6 Å². The fraction of sp³-hybridized carbons (Fsp3) is 0.174. The lowest BCUT2D eigenvalue weighted by Crippen LogP contribution is -2.34. The highest BCUT2D eigenvalue weighted by Crippen LogP contribution is 2.48. The molecule has 0 aromatic heterocycles. The van der Waals surface area contributed by atoms with Crippen LogP contribution in [0, 0.1) is 10.1 Å². The molecule has 2 aliphatic heterocycles. The van der Waals surface area contributed by atoms with Crippen molar-refractivity contribution >= 4 is 11.4 Å². The van der Waals surface area contributed by atoms with Gasteiger partial charge in [0, 0.05) is 18.1 Å². The van der Waals surface area contributed by atoms with Crippen molar-refractivity contribution in [3.8, 4) is 11.5 Å². The standard InChI is InChI=1S/C23H19N3O4/c1-29-16-12-10-15(11-13-16)19-14-21-17-6-3-5-9-22(17)30-23(25(21)24-19)18-7-2-4-8-20(18)26(27)28/h2-13,21,23H,14H2,1H3/t21-,23-/m1/s1. The lowest BCUT2D eigenvalue weighted by atomic mass is 9.95. The Morgan fingerprint density at radius 1 is 1.03 bits per heavy atom. The van der Waals surface area contributed by atoms with E-state index >= 15 is 0 Å². The smallest absolute Gasteiger partial charge is 0.278 e. The van der Waals surface area contributed by atoms with Gasteiger partial charge < -0.3 is 9.47 Å². The molecular formula is C23H19N3O4. The number of hydrogen-bond acceptors (Lipinski definition) is 6. The summed E-state index contributed by atoms with van der Waals surface area (Å²) < 4.78 is 11.5. The van der Waals surface area contributed by atoms with E-state index in [2.05, 4.69) is 0 Å². The molecule has 0 aliphatic carbocycles. The minimum absolute atomic E-state index is 0.0220. The molecular weight excluding hydrogens is 382 g/mol. The molecule has 2 aliphatic rings. The van der Waals surface area contributed by atoms with E-state index in [9.17, 15) is 10.1 Å². The largest absolute Gasteiger partial charge is 0.497 e. The third-order valence-electron chi connectivity index (χ3n) is 5.52. The summed E-state index contributed by atoms with van der Waals surface area (Å²) in [6.07, 6.45) is 0.00588. The lowest BCUT2D eigenvalue weighted by Gasteiger charge is -2.37. The molecule has 30 heavy (non-hydrogen) atoms. The second-order valence-corrected chi connectivity index (χ2v) is 7.20. The van der Waals surface area contributed by atoms with Crippen LogP contribution in [0.15, 0.2) is 77.9 Å². The first-order valence-corrected chi connectivity index (χ1v) is 9.65. The monoisotopic (exact) mass is 401 g/mol. The zero-order chi connectivity index (χ0) is 20.7. The molecule has 2 atom stereocenters. The van der Waals surface area contributed by atoms with Gasteiger partial charge in [0.1, 0.15) is 11.5 Å². The molecule has 0 spiro atoms. The predicted octanol–water partition coefficient (Wildman–Crippen LogP) is 4.85. The van der Waals surface area contributed by atoms with E-state index in [0.29, 0.717) is 12.0 Å². The third kappa shape index (κ3) is 2.95. The molecule has 3 aromatic carbocycles. The zero-order valence-electron chi connectivity index (χ0n) is 16.3. The number of hydrogen-bond donors (Lipinski definition) is 0. The van der Waals surface area contributed by atoms with Gasteiger partial charge in [0.05, 0.1) is 29.4 Å². The fourth-order valence-electron chi connectivity index (χ4n) is 4.06. The maximum Gasteiger partial charge on any atom is 0.278 e. The van der Waals surface area contributed by atoms with Crippen LogP contribution in [-0.2, 0) is 0 Å². The first-order valence-electron chi connectivity index (χ1n) is 9.65. The van der Waals surface area contributed by atoms with Crippen molar-refractivity contribution in [1.82, 2.24) is 5.01 Å². The van der Waals surface area contributed by atoms with Gasteiger partial charge in [0.15, 0.2) is 0 Å². The topological polar surface area (TPSA) is 77.2 Å². The molecule has 0 saturated heterocycles.